The van der Waals surface area contributed by atoms with E-state index in [1.165, 1.54) is 18.4 Å². The minimum atomic E-state index is -0.399. The van der Waals surface area contributed by atoms with Crippen LogP contribution < -0.4 is 0 Å². The van der Waals surface area contributed by atoms with Gasteiger partial charge in [0.2, 0.25) is 0 Å². The third-order valence-electron chi connectivity index (χ3n) is 6.48. The van der Waals surface area contributed by atoms with E-state index in [2.05, 4.69) is 40.7 Å². The smallest absolute Gasteiger partial charge is 0.119 e. The fourth-order valence-corrected chi connectivity index (χ4v) is 5.23. The highest BCUT2D eigenvalue weighted by Crippen LogP contribution is 2.59. The van der Waals surface area contributed by atoms with Gasteiger partial charge in [0.1, 0.15) is 5.75 Å². The van der Waals surface area contributed by atoms with Crippen LogP contribution in [0.15, 0.2) is 12.1 Å². The average molecular weight is 302 g/mol. The Balaban J connectivity index is 2.18. The first-order valence-corrected chi connectivity index (χ1v) is 8.72. The van der Waals surface area contributed by atoms with Gasteiger partial charge in [-0.25, -0.2) is 0 Å². The molecule has 0 aromatic heterocycles. The summed E-state index contributed by atoms with van der Waals surface area (Å²) in [6.45, 7) is 11.2. The van der Waals surface area contributed by atoms with Crippen molar-refractivity contribution in [1.82, 2.24) is 0 Å². The summed E-state index contributed by atoms with van der Waals surface area (Å²) >= 11 is 0. The number of hydrogen-bond acceptors (Lipinski definition) is 2. The molecular weight excluding hydrogens is 272 g/mol. The van der Waals surface area contributed by atoms with Crippen molar-refractivity contribution >= 4 is 0 Å². The Morgan fingerprint density at radius 3 is 2.45 bits per heavy atom. The molecule has 2 unspecified atom stereocenters. The van der Waals surface area contributed by atoms with E-state index in [-0.39, 0.29) is 16.7 Å². The van der Waals surface area contributed by atoms with Crippen LogP contribution in [0.2, 0.25) is 0 Å². The minimum absolute atomic E-state index is 0.0727. The zero-order valence-electron chi connectivity index (χ0n) is 14.6. The van der Waals surface area contributed by atoms with Crippen LogP contribution in [0.1, 0.15) is 89.0 Å². The van der Waals surface area contributed by atoms with E-state index in [0.29, 0.717) is 11.7 Å². The molecule has 2 aliphatic carbocycles. The van der Waals surface area contributed by atoms with Crippen molar-refractivity contribution in [3.05, 3.63) is 28.8 Å². The Hall–Kier alpha value is -1.02. The summed E-state index contributed by atoms with van der Waals surface area (Å²) in [7, 11) is 0. The van der Waals surface area contributed by atoms with Crippen molar-refractivity contribution < 1.29 is 10.2 Å². The van der Waals surface area contributed by atoms with E-state index in [9.17, 15) is 10.2 Å². The van der Waals surface area contributed by atoms with E-state index < -0.39 is 6.10 Å². The van der Waals surface area contributed by atoms with Gasteiger partial charge >= 0.3 is 0 Å². The lowest BCUT2D eigenvalue weighted by atomic mass is 9.50. The third-order valence-corrected chi connectivity index (χ3v) is 6.48. The molecule has 2 aliphatic rings. The largest absolute Gasteiger partial charge is 0.508 e. The number of fused-ring (bicyclic) bond motifs is 3. The molecule has 0 saturated heterocycles. The normalized spacial score (nSPS) is 33.4. The van der Waals surface area contributed by atoms with E-state index in [0.717, 1.165) is 24.0 Å². The van der Waals surface area contributed by atoms with Gasteiger partial charge in [0.15, 0.2) is 0 Å². The number of phenols is 1. The number of rotatable bonds is 1. The number of aliphatic hydroxyl groups is 1. The fraction of sp³-hybridized carbons (Fsp3) is 0.700. The molecule has 3 atom stereocenters. The molecule has 2 N–H and O–H groups in total. The molecule has 2 heteroatoms. The minimum Gasteiger partial charge on any atom is -0.508 e. The maximum atomic E-state index is 10.8. The van der Waals surface area contributed by atoms with Crippen LogP contribution in [0, 0.1) is 11.3 Å². The third kappa shape index (κ3) is 2.19. The summed E-state index contributed by atoms with van der Waals surface area (Å²) in [5.41, 5.74) is 3.51. The topological polar surface area (TPSA) is 40.5 Å². The Bertz CT molecular complexity index is 588. The van der Waals surface area contributed by atoms with Gasteiger partial charge in [0, 0.05) is 0 Å². The van der Waals surface area contributed by atoms with Crippen LogP contribution in [0.25, 0.3) is 0 Å². The first kappa shape index (κ1) is 15.9. The van der Waals surface area contributed by atoms with Crippen LogP contribution in [-0.2, 0) is 5.41 Å². The van der Waals surface area contributed by atoms with Crippen molar-refractivity contribution in [2.75, 3.05) is 0 Å². The highest BCUT2D eigenvalue weighted by molar-refractivity contribution is 5.49. The molecule has 122 valence electrons. The number of aromatic hydroxyl groups is 1. The molecule has 3 rings (SSSR count). The lowest BCUT2D eigenvalue weighted by molar-refractivity contribution is -0.00689. The first-order valence-electron chi connectivity index (χ1n) is 8.72. The maximum absolute atomic E-state index is 10.8. The van der Waals surface area contributed by atoms with Gasteiger partial charge in [-0.1, -0.05) is 41.0 Å². The SMILES string of the molecule is CC(C)c1cc2c(cc1O)[C@@]1(C)CCCC(C)(C)C1CC2O. The summed E-state index contributed by atoms with van der Waals surface area (Å²) in [5, 5.41) is 21.2. The van der Waals surface area contributed by atoms with Crippen molar-refractivity contribution in [2.24, 2.45) is 11.3 Å². The molecule has 0 heterocycles. The summed E-state index contributed by atoms with van der Waals surface area (Å²) in [6.07, 6.45) is 4.05. The second-order valence-corrected chi connectivity index (χ2v) is 8.72. The quantitative estimate of drug-likeness (QED) is 0.763. The van der Waals surface area contributed by atoms with Crippen LogP contribution >= 0.6 is 0 Å². The Labute approximate surface area is 134 Å². The molecule has 0 bridgehead atoms. The van der Waals surface area contributed by atoms with Gasteiger partial charge in [-0.05, 0) is 70.8 Å². The molecule has 1 aromatic carbocycles. The fourth-order valence-electron chi connectivity index (χ4n) is 5.23. The number of phenolic OH excluding ortho intramolecular Hbond substituents is 1. The zero-order valence-corrected chi connectivity index (χ0v) is 14.6. The molecule has 1 fully saturated rings. The van der Waals surface area contributed by atoms with Crippen LogP contribution in [0.5, 0.6) is 5.75 Å². The highest BCUT2D eigenvalue weighted by Gasteiger charge is 2.51. The van der Waals surface area contributed by atoms with E-state index in [1.54, 1.807) is 0 Å². The van der Waals surface area contributed by atoms with Gasteiger partial charge in [-0.3, -0.25) is 0 Å². The molecule has 0 amide bonds. The number of aliphatic hydroxyl groups excluding tert-OH is 1. The van der Waals surface area contributed by atoms with Gasteiger partial charge < -0.3 is 10.2 Å². The molecule has 1 saturated carbocycles. The Morgan fingerprint density at radius 1 is 1.14 bits per heavy atom. The van der Waals surface area contributed by atoms with E-state index >= 15 is 0 Å². The summed E-state index contributed by atoms with van der Waals surface area (Å²) in [5.74, 6) is 1.14. The van der Waals surface area contributed by atoms with Gasteiger partial charge in [0.05, 0.1) is 6.10 Å². The molecular formula is C20H30O2. The van der Waals surface area contributed by atoms with Crippen LogP contribution in [-0.4, -0.2) is 10.2 Å². The monoisotopic (exact) mass is 302 g/mol. The number of hydrogen-bond donors (Lipinski definition) is 2. The Morgan fingerprint density at radius 2 is 1.82 bits per heavy atom. The van der Waals surface area contributed by atoms with Gasteiger partial charge in [-0.2, -0.15) is 0 Å². The average Bonchev–Trinajstić information content (AvgIpc) is 2.41. The number of benzene rings is 1. The molecule has 1 aromatic rings. The predicted octanol–water partition coefficient (Wildman–Crippen LogP) is 5.04. The van der Waals surface area contributed by atoms with Crippen molar-refractivity contribution in [3.8, 4) is 5.75 Å². The summed E-state index contributed by atoms with van der Waals surface area (Å²) in [6, 6.07) is 4.02. The van der Waals surface area contributed by atoms with Gasteiger partial charge in [0.25, 0.3) is 0 Å². The predicted molar refractivity (Wildman–Crippen MR) is 90.2 cm³/mol. The molecule has 0 radical (unpaired) electrons. The summed E-state index contributed by atoms with van der Waals surface area (Å²) < 4.78 is 0. The standard InChI is InChI=1S/C20H30O2/c1-12(2)13-9-14-15(10-16(13)21)20(5)8-6-7-19(3,4)18(20)11-17(14)22/h9-10,12,17-18,21-22H,6-8,11H2,1-5H3/t17?,18?,20-/m1/s1. The first-order chi connectivity index (χ1) is 10.2. The maximum Gasteiger partial charge on any atom is 0.119 e. The van der Waals surface area contributed by atoms with Crippen molar-refractivity contribution in [1.29, 1.82) is 0 Å². The highest BCUT2D eigenvalue weighted by atomic mass is 16.3. The van der Waals surface area contributed by atoms with Crippen LogP contribution in [0.4, 0.5) is 0 Å². The van der Waals surface area contributed by atoms with Crippen molar-refractivity contribution in [2.45, 2.75) is 77.7 Å². The molecule has 2 nitrogen and oxygen atoms in total. The summed E-state index contributed by atoms with van der Waals surface area (Å²) in [4.78, 5) is 0. The molecule has 22 heavy (non-hydrogen) atoms. The molecule has 0 spiro atoms. The second kappa shape index (κ2) is 4.99. The van der Waals surface area contributed by atoms with Crippen molar-refractivity contribution in [3.63, 3.8) is 0 Å². The van der Waals surface area contributed by atoms with E-state index in [1.807, 2.05) is 6.07 Å². The lowest BCUT2D eigenvalue weighted by Gasteiger charge is -2.55. The Kier molecular flexibility index (Phi) is 3.60. The van der Waals surface area contributed by atoms with Gasteiger partial charge in [-0.15, -0.1) is 0 Å². The van der Waals surface area contributed by atoms with Crippen LogP contribution in [0.3, 0.4) is 0 Å². The molecule has 0 aliphatic heterocycles. The zero-order chi connectivity index (χ0) is 16.3. The van der Waals surface area contributed by atoms with E-state index in [4.69, 9.17) is 0 Å². The lowest BCUT2D eigenvalue weighted by Crippen LogP contribution is -2.48. The second-order valence-electron chi connectivity index (χ2n) is 8.72.